The molecule has 2 aromatic heterocycles. The number of para-hydroxylation sites is 1. The predicted octanol–water partition coefficient (Wildman–Crippen LogP) is 3.34. The van der Waals surface area contributed by atoms with Crippen molar-refractivity contribution < 1.29 is 4.74 Å². The number of fused-ring (bicyclic) bond motifs is 1. The largest absolute Gasteiger partial charge is 0.489 e. The molecule has 0 amide bonds. The number of rotatable bonds is 4. The molecule has 0 radical (unpaired) electrons. The summed E-state index contributed by atoms with van der Waals surface area (Å²) in [5.41, 5.74) is 1.05. The number of hydrogen-bond acceptors (Lipinski definition) is 5. The number of nitrogens with zero attached hydrogens (tertiary/aromatic N) is 5. The first-order valence-corrected chi connectivity index (χ1v) is 9.68. The van der Waals surface area contributed by atoms with Crippen LogP contribution in [0.1, 0.15) is 25.5 Å². The molecule has 0 bridgehead atoms. The third kappa shape index (κ3) is 3.42. The van der Waals surface area contributed by atoms with E-state index in [4.69, 9.17) is 4.74 Å². The Morgan fingerprint density at radius 1 is 1.24 bits per heavy atom. The van der Waals surface area contributed by atoms with Gasteiger partial charge in [-0.15, -0.1) is 0 Å². The van der Waals surface area contributed by atoms with Crippen LogP contribution in [0.25, 0.3) is 5.78 Å². The van der Waals surface area contributed by atoms with E-state index < -0.39 is 0 Å². The van der Waals surface area contributed by atoms with Crippen LogP contribution in [-0.2, 0) is 6.42 Å². The first-order valence-electron chi connectivity index (χ1n) is 8.60. The van der Waals surface area contributed by atoms with E-state index in [1.165, 1.54) is 0 Å². The zero-order chi connectivity index (χ0) is 17.2. The number of piperidine rings is 1. The Bertz CT molecular complexity index is 873. The number of aryl methyl sites for hydroxylation is 1. The third-order valence-electron chi connectivity index (χ3n) is 4.54. The number of halogens is 1. The van der Waals surface area contributed by atoms with Gasteiger partial charge in [-0.1, -0.05) is 19.1 Å². The zero-order valence-electron chi connectivity index (χ0n) is 14.1. The Kier molecular flexibility index (Phi) is 4.74. The maximum absolute atomic E-state index is 6.21. The Morgan fingerprint density at radius 2 is 2.04 bits per heavy atom. The van der Waals surface area contributed by atoms with Gasteiger partial charge in [0.25, 0.3) is 5.78 Å². The van der Waals surface area contributed by atoms with Crippen molar-refractivity contribution in [3.8, 4) is 5.75 Å². The van der Waals surface area contributed by atoms with Crippen LogP contribution < -0.4 is 9.64 Å². The van der Waals surface area contributed by atoms with Crippen LogP contribution >= 0.6 is 22.6 Å². The number of aromatic nitrogens is 4. The van der Waals surface area contributed by atoms with Crippen molar-refractivity contribution in [2.75, 3.05) is 18.0 Å². The quantitative estimate of drug-likeness (QED) is 0.572. The van der Waals surface area contributed by atoms with E-state index in [0.29, 0.717) is 5.78 Å². The summed E-state index contributed by atoms with van der Waals surface area (Å²) in [6, 6.07) is 10.3. The molecular formula is C18H20IN5O. The van der Waals surface area contributed by atoms with Crippen LogP contribution in [0.3, 0.4) is 0 Å². The van der Waals surface area contributed by atoms with Gasteiger partial charge in [0.15, 0.2) is 0 Å². The van der Waals surface area contributed by atoms with Crippen LogP contribution in [0.5, 0.6) is 5.75 Å². The van der Waals surface area contributed by atoms with E-state index in [0.717, 1.165) is 53.2 Å². The molecule has 1 aliphatic rings. The van der Waals surface area contributed by atoms with E-state index in [1.54, 1.807) is 6.33 Å². The lowest BCUT2D eigenvalue weighted by molar-refractivity contribution is 0.169. The summed E-state index contributed by atoms with van der Waals surface area (Å²) in [5, 5.41) is 4.34. The van der Waals surface area contributed by atoms with Gasteiger partial charge < -0.3 is 9.64 Å². The molecule has 1 fully saturated rings. The van der Waals surface area contributed by atoms with Gasteiger partial charge in [0.2, 0.25) is 0 Å². The molecule has 1 aliphatic heterocycles. The van der Waals surface area contributed by atoms with Gasteiger partial charge >= 0.3 is 0 Å². The van der Waals surface area contributed by atoms with E-state index in [-0.39, 0.29) is 6.10 Å². The predicted molar refractivity (Wildman–Crippen MR) is 105 cm³/mol. The fraction of sp³-hybridized carbons (Fsp3) is 0.389. The zero-order valence-corrected chi connectivity index (χ0v) is 16.3. The van der Waals surface area contributed by atoms with Gasteiger partial charge in [0.1, 0.15) is 24.0 Å². The second-order valence-corrected chi connectivity index (χ2v) is 7.33. The fourth-order valence-corrected chi connectivity index (χ4v) is 3.69. The Balaban J connectivity index is 1.49. The summed E-state index contributed by atoms with van der Waals surface area (Å²) < 4.78 is 9.20. The molecule has 3 aromatic rings. The van der Waals surface area contributed by atoms with Crippen molar-refractivity contribution in [3.05, 3.63) is 45.9 Å². The van der Waals surface area contributed by atoms with Crippen LogP contribution in [-0.4, -0.2) is 38.8 Å². The highest BCUT2D eigenvalue weighted by Gasteiger charge is 2.23. The minimum atomic E-state index is 0.255. The van der Waals surface area contributed by atoms with Crippen LogP contribution in [0.15, 0.2) is 36.7 Å². The Labute approximate surface area is 160 Å². The van der Waals surface area contributed by atoms with Crippen LogP contribution in [0.4, 0.5) is 5.82 Å². The topological polar surface area (TPSA) is 55.6 Å². The number of benzene rings is 1. The SMILES string of the molecule is CCc1cc(N2CCC(Oc3ccccc3I)CC2)n2ncnc2n1. The van der Waals surface area contributed by atoms with Crippen LogP contribution in [0, 0.1) is 3.57 Å². The minimum absolute atomic E-state index is 0.255. The van der Waals surface area contributed by atoms with Gasteiger partial charge in [-0.05, 0) is 41.1 Å². The van der Waals surface area contributed by atoms with Crippen molar-refractivity contribution in [1.82, 2.24) is 19.6 Å². The standard InChI is InChI=1S/C18H20IN5O/c1-2-13-11-17(24-18(22-13)20-12-21-24)23-9-7-14(8-10-23)25-16-6-4-3-5-15(16)19/h3-6,11-12,14H,2,7-10H2,1H3. The van der Waals surface area contributed by atoms with Crippen molar-refractivity contribution >= 4 is 34.2 Å². The molecule has 130 valence electrons. The van der Waals surface area contributed by atoms with Gasteiger partial charge in [-0.2, -0.15) is 14.6 Å². The number of anilines is 1. The smallest absolute Gasteiger partial charge is 0.254 e. The summed E-state index contributed by atoms with van der Waals surface area (Å²) in [4.78, 5) is 11.1. The summed E-state index contributed by atoms with van der Waals surface area (Å²) in [6.45, 7) is 3.99. The second-order valence-electron chi connectivity index (χ2n) is 6.17. The molecule has 0 atom stereocenters. The highest BCUT2D eigenvalue weighted by molar-refractivity contribution is 14.1. The van der Waals surface area contributed by atoms with Gasteiger partial charge in [0.05, 0.1) is 3.57 Å². The van der Waals surface area contributed by atoms with E-state index in [1.807, 2.05) is 22.7 Å². The highest BCUT2D eigenvalue weighted by Crippen LogP contribution is 2.26. The molecule has 7 heteroatoms. The molecule has 6 nitrogen and oxygen atoms in total. The van der Waals surface area contributed by atoms with Crippen molar-refractivity contribution in [2.24, 2.45) is 0 Å². The fourth-order valence-electron chi connectivity index (χ4n) is 3.17. The van der Waals surface area contributed by atoms with Crippen molar-refractivity contribution in [2.45, 2.75) is 32.3 Å². The van der Waals surface area contributed by atoms with Crippen LogP contribution in [0.2, 0.25) is 0 Å². The lowest BCUT2D eigenvalue weighted by Gasteiger charge is -2.33. The Hall–Kier alpha value is -1.90. The monoisotopic (exact) mass is 449 g/mol. The molecule has 0 spiro atoms. The first kappa shape index (κ1) is 16.6. The maximum atomic E-state index is 6.21. The van der Waals surface area contributed by atoms with Gasteiger partial charge in [-0.25, -0.2) is 4.98 Å². The molecule has 4 rings (SSSR count). The van der Waals surface area contributed by atoms with E-state index in [9.17, 15) is 0 Å². The highest BCUT2D eigenvalue weighted by atomic mass is 127. The average Bonchev–Trinajstić information content (AvgIpc) is 3.12. The molecule has 0 unspecified atom stereocenters. The summed E-state index contributed by atoms with van der Waals surface area (Å²) in [7, 11) is 0. The van der Waals surface area contributed by atoms with E-state index >= 15 is 0 Å². The molecule has 1 saturated heterocycles. The molecule has 0 saturated carbocycles. The summed E-state index contributed by atoms with van der Waals surface area (Å²) in [6.07, 6.45) is 4.70. The second kappa shape index (κ2) is 7.15. The lowest BCUT2D eigenvalue weighted by Crippen LogP contribution is -2.39. The lowest BCUT2D eigenvalue weighted by atomic mass is 10.1. The van der Waals surface area contributed by atoms with Crippen molar-refractivity contribution in [1.29, 1.82) is 0 Å². The van der Waals surface area contributed by atoms with E-state index in [2.05, 4.69) is 61.6 Å². The first-order chi connectivity index (χ1) is 12.2. The third-order valence-corrected chi connectivity index (χ3v) is 5.44. The van der Waals surface area contributed by atoms with Gasteiger partial charge in [0, 0.05) is 37.7 Å². The molecular weight excluding hydrogens is 429 g/mol. The maximum Gasteiger partial charge on any atom is 0.254 e. The molecule has 25 heavy (non-hydrogen) atoms. The average molecular weight is 449 g/mol. The van der Waals surface area contributed by atoms with Crippen molar-refractivity contribution in [3.63, 3.8) is 0 Å². The summed E-state index contributed by atoms with van der Waals surface area (Å²) in [5.74, 6) is 2.73. The molecule has 0 aliphatic carbocycles. The minimum Gasteiger partial charge on any atom is -0.489 e. The normalized spacial score (nSPS) is 15.7. The molecule has 3 heterocycles. The molecule has 1 aromatic carbocycles. The Morgan fingerprint density at radius 3 is 2.80 bits per heavy atom. The van der Waals surface area contributed by atoms with Gasteiger partial charge in [-0.3, -0.25) is 0 Å². The number of hydrogen-bond donors (Lipinski definition) is 0. The summed E-state index contributed by atoms with van der Waals surface area (Å²) >= 11 is 2.33. The molecule has 0 N–H and O–H groups in total. The number of ether oxygens (including phenoxy) is 1.